The minimum Gasteiger partial charge on any atom is -0.326 e. The number of hydrogen-bond acceptors (Lipinski definition) is 3. The van der Waals surface area contributed by atoms with Gasteiger partial charge in [-0.05, 0) is 43.2 Å². The van der Waals surface area contributed by atoms with Crippen LogP contribution in [0.5, 0.6) is 0 Å². The monoisotopic (exact) mass is 380 g/mol. The lowest BCUT2D eigenvalue weighted by atomic mass is 10.0. The standard InChI is InChI=1S/C18H21ClN2O3S/c1-12-4-9-16(13(2)10-12)20-18(22)11-17(21-25(3,23)24)14-5-7-15(19)8-6-14/h4-10,17,21H,11H2,1-3H3,(H,20,22). The van der Waals surface area contributed by atoms with Crippen LogP contribution in [0.3, 0.4) is 0 Å². The molecule has 134 valence electrons. The summed E-state index contributed by atoms with van der Waals surface area (Å²) >= 11 is 5.87. The number of rotatable bonds is 6. The number of sulfonamides is 1. The highest BCUT2D eigenvalue weighted by Gasteiger charge is 2.20. The SMILES string of the molecule is Cc1ccc(NC(=O)CC(NS(C)(=O)=O)c2ccc(Cl)cc2)c(C)c1. The summed E-state index contributed by atoms with van der Waals surface area (Å²) in [5, 5.41) is 3.38. The zero-order valence-electron chi connectivity index (χ0n) is 14.3. The van der Waals surface area contributed by atoms with Crippen molar-refractivity contribution in [2.24, 2.45) is 0 Å². The summed E-state index contributed by atoms with van der Waals surface area (Å²) < 4.78 is 25.8. The van der Waals surface area contributed by atoms with Gasteiger partial charge < -0.3 is 5.32 Å². The topological polar surface area (TPSA) is 75.3 Å². The molecular weight excluding hydrogens is 360 g/mol. The van der Waals surface area contributed by atoms with Gasteiger partial charge in [0.25, 0.3) is 0 Å². The molecule has 0 fully saturated rings. The minimum absolute atomic E-state index is 0.0258. The Bertz CT molecular complexity index is 864. The Kier molecular flexibility index (Phi) is 6.21. The van der Waals surface area contributed by atoms with Gasteiger partial charge >= 0.3 is 0 Å². The number of halogens is 1. The van der Waals surface area contributed by atoms with Crippen LogP contribution in [0.1, 0.15) is 29.2 Å². The summed E-state index contributed by atoms with van der Waals surface area (Å²) in [6.07, 6.45) is 1.04. The maximum absolute atomic E-state index is 12.4. The van der Waals surface area contributed by atoms with Crippen molar-refractivity contribution in [1.29, 1.82) is 0 Å². The molecule has 1 unspecified atom stereocenters. The molecule has 0 radical (unpaired) electrons. The van der Waals surface area contributed by atoms with E-state index in [1.807, 2.05) is 32.0 Å². The van der Waals surface area contributed by atoms with E-state index in [1.54, 1.807) is 24.3 Å². The molecule has 2 rings (SSSR count). The summed E-state index contributed by atoms with van der Waals surface area (Å²) in [5.41, 5.74) is 3.44. The number of carbonyl (C=O) groups excluding carboxylic acids is 1. The van der Waals surface area contributed by atoms with Gasteiger partial charge in [-0.3, -0.25) is 4.79 Å². The van der Waals surface area contributed by atoms with Crippen molar-refractivity contribution >= 4 is 33.2 Å². The second-order valence-electron chi connectivity index (χ2n) is 6.06. The lowest BCUT2D eigenvalue weighted by Gasteiger charge is -2.18. The highest BCUT2D eigenvalue weighted by Crippen LogP contribution is 2.22. The van der Waals surface area contributed by atoms with Crippen LogP contribution in [0.2, 0.25) is 5.02 Å². The second kappa shape index (κ2) is 7.99. The number of benzene rings is 2. The van der Waals surface area contributed by atoms with Crippen molar-refractivity contribution in [2.45, 2.75) is 26.3 Å². The maximum Gasteiger partial charge on any atom is 0.226 e. The number of aryl methyl sites for hydroxylation is 2. The smallest absolute Gasteiger partial charge is 0.226 e. The molecule has 2 N–H and O–H groups in total. The number of anilines is 1. The molecular formula is C18H21ClN2O3S. The quantitative estimate of drug-likeness (QED) is 0.804. The fourth-order valence-corrected chi connectivity index (χ4v) is 3.38. The van der Waals surface area contributed by atoms with Crippen molar-refractivity contribution in [1.82, 2.24) is 4.72 Å². The van der Waals surface area contributed by atoms with Crippen LogP contribution >= 0.6 is 11.6 Å². The molecule has 0 aliphatic carbocycles. The average molecular weight is 381 g/mol. The Morgan fingerprint density at radius 3 is 2.32 bits per heavy atom. The molecule has 1 amide bonds. The molecule has 0 aliphatic heterocycles. The van der Waals surface area contributed by atoms with Gasteiger partial charge in [0.15, 0.2) is 0 Å². The highest BCUT2D eigenvalue weighted by molar-refractivity contribution is 7.88. The summed E-state index contributed by atoms with van der Waals surface area (Å²) in [5.74, 6) is -0.275. The molecule has 0 aliphatic rings. The predicted octanol–water partition coefficient (Wildman–Crippen LogP) is 3.58. The van der Waals surface area contributed by atoms with E-state index in [4.69, 9.17) is 11.6 Å². The minimum atomic E-state index is -3.48. The van der Waals surface area contributed by atoms with Crippen molar-refractivity contribution in [3.63, 3.8) is 0 Å². The molecule has 2 aromatic carbocycles. The first kappa shape index (κ1) is 19.4. The second-order valence-corrected chi connectivity index (χ2v) is 8.28. The van der Waals surface area contributed by atoms with E-state index in [0.717, 1.165) is 17.4 Å². The van der Waals surface area contributed by atoms with Crippen molar-refractivity contribution in [2.75, 3.05) is 11.6 Å². The van der Waals surface area contributed by atoms with Crippen molar-refractivity contribution < 1.29 is 13.2 Å². The zero-order valence-corrected chi connectivity index (χ0v) is 15.9. The van der Waals surface area contributed by atoms with E-state index in [2.05, 4.69) is 10.0 Å². The number of carbonyl (C=O) groups is 1. The van der Waals surface area contributed by atoms with Crippen LogP contribution in [-0.2, 0) is 14.8 Å². The molecule has 0 saturated carbocycles. The summed E-state index contributed by atoms with van der Waals surface area (Å²) in [6, 6.07) is 11.8. The normalized spacial score (nSPS) is 12.6. The van der Waals surface area contributed by atoms with Crippen LogP contribution in [0.25, 0.3) is 0 Å². The molecule has 1 atom stereocenters. The Morgan fingerprint density at radius 1 is 1.12 bits per heavy atom. The van der Waals surface area contributed by atoms with Gasteiger partial charge in [-0.1, -0.05) is 41.4 Å². The maximum atomic E-state index is 12.4. The van der Waals surface area contributed by atoms with Gasteiger partial charge in [-0.25, -0.2) is 13.1 Å². The molecule has 2 aromatic rings. The molecule has 0 bridgehead atoms. The summed E-state index contributed by atoms with van der Waals surface area (Å²) in [4.78, 5) is 12.4. The number of hydrogen-bond donors (Lipinski definition) is 2. The van der Waals surface area contributed by atoms with E-state index in [1.165, 1.54) is 0 Å². The molecule has 0 saturated heterocycles. The first-order chi connectivity index (χ1) is 11.6. The van der Waals surface area contributed by atoms with Crippen LogP contribution in [0, 0.1) is 13.8 Å². The lowest BCUT2D eigenvalue weighted by Crippen LogP contribution is -2.30. The molecule has 25 heavy (non-hydrogen) atoms. The number of nitrogens with one attached hydrogen (secondary N) is 2. The average Bonchev–Trinajstić information content (AvgIpc) is 2.49. The largest absolute Gasteiger partial charge is 0.326 e. The predicted molar refractivity (Wildman–Crippen MR) is 101 cm³/mol. The summed E-state index contributed by atoms with van der Waals surface area (Å²) in [6.45, 7) is 3.89. The third kappa shape index (κ3) is 6.16. The Morgan fingerprint density at radius 2 is 1.76 bits per heavy atom. The van der Waals surface area contributed by atoms with Gasteiger partial charge in [-0.2, -0.15) is 0 Å². The lowest BCUT2D eigenvalue weighted by molar-refractivity contribution is -0.116. The van der Waals surface area contributed by atoms with E-state index >= 15 is 0 Å². The van der Waals surface area contributed by atoms with Crippen molar-refractivity contribution in [3.8, 4) is 0 Å². The fraction of sp³-hybridized carbons (Fsp3) is 0.278. The summed E-state index contributed by atoms with van der Waals surface area (Å²) in [7, 11) is -3.48. The van der Waals surface area contributed by atoms with E-state index in [9.17, 15) is 13.2 Å². The van der Waals surface area contributed by atoms with Crippen molar-refractivity contribution in [3.05, 3.63) is 64.2 Å². The zero-order chi connectivity index (χ0) is 18.6. The highest BCUT2D eigenvalue weighted by atomic mass is 35.5. The third-order valence-corrected chi connectivity index (χ3v) is 4.64. The van der Waals surface area contributed by atoms with Gasteiger partial charge in [0, 0.05) is 17.1 Å². The van der Waals surface area contributed by atoms with Crippen LogP contribution in [-0.4, -0.2) is 20.6 Å². The number of amides is 1. The fourth-order valence-electron chi connectivity index (χ4n) is 2.52. The van der Waals surface area contributed by atoms with E-state index in [-0.39, 0.29) is 12.3 Å². The molecule has 7 heteroatoms. The van der Waals surface area contributed by atoms with Gasteiger partial charge in [-0.15, -0.1) is 0 Å². The van der Waals surface area contributed by atoms with Gasteiger partial charge in [0.1, 0.15) is 0 Å². The van der Waals surface area contributed by atoms with E-state index < -0.39 is 16.1 Å². The third-order valence-electron chi connectivity index (χ3n) is 3.67. The molecule has 5 nitrogen and oxygen atoms in total. The van der Waals surface area contributed by atoms with Crippen LogP contribution in [0.4, 0.5) is 5.69 Å². The Balaban J connectivity index is 2.17. The Hall–Kier alpha value is -1.89. The van der Waals surface area contributed by atoms with Crippen LogP contribution in [0.15, 0.2) is 42.5 Å². The first-order valence-electron chi connectivity index (χ1n) is 7.74. The van der Waals surface area contributed by atoms with E-state index in [0.29, 0.717) is 16.3 Å². The molecule has 0 aromatic heterocycles. The van der Waals surface area contributed by atoms with Gasteiger partial charge in [0.05, 0.1) is 12.3 Å². The van der Waals surface area contributed by atoms with Crippen LogP contribution < -0.4 is 10.0 Å². The Labute approximate surface area is 153 Å². The molecule has 0 heterocycles. The van der Waals surface area contributed by atoms with Gasteiger partial charge in [0.2, 0.25) is 15.9 Å². The first-order valence-corrected chi connectivity index (χ1v) is 10.0. The molecule has 0 spiro atoms.